The first-order chi connectivity index (χ1) is 5.88. The summed E-state index contributed by atoms with van der Waals surface area (Å²) in [4.78, 5) is 2.30. The van der Waals surface area contributed by atoms with Gasteiger partial charge in [0, 0.05) is 12.2 Å². The van der Waals surface area contributed by atoms with Gasteiger partial charge in [-0.15, -0.1) is 0 Å². The molecule has 0 spiro atoms. The summed E-state index contributed by atoms with van der Waals surface area (Å²) in [7, 11) is 0. The van der Waals surface area contributed by atoms with Crippen LogP contribution < -0.4 is 0 Å². The number of rotatable bonds is 2. The fourth-order valence-corrected chi connectivity index (χ4v) is 1.72. The Hall–Kier alpha value is -0.720. The zero-order valence-electron chi connectivity index (χ0n) is 8.05. The largest absolute Gasteiger partial charge is 0.352 e. The van der Waals surface area contributed by atoms with Gasteiger partial charge in [-0.25, -0.2) is 0 Å². The van der Waals surface area contributed by atoms with Gasteiger partial charge < -0.3 is 4.90 Å². The summed E-state index contributed by atoms with van der Waals surface area (Å²) in [5.41, 5.74) is 1.48. The van der Waals surface area contributed by atoms with Gasteiger partial charge in [-0.2, -0.15) is 0 Å². The monoisotopic (exact) mass is 165 g/mol. The SMILES string of the molecule is C=CN1CCCCCC1=CCC. The summed E-state index contributed by atoms with van der Waals surface area (Å²) in [6, 6.07) is 0. The van der Waals surface area contributed by atoms with Crippen LogP contribution in [-0.2, 0) is 0 Å². The highest BCUT2D eigenvalue weighted by atomic mass is 15.1. The molecular weight excluding hydrogens is 146 g/mol. The minimum Gasteiger partial charge on any atom is -0.352 e. The molecule has 0 aliphatic carbocycles. The summed E-state index contributed by atoms with van der Waals surface area (Å²) in [6.07, 6.45) is 10.7. The molecule has 0 N–H and O–H groups in total. The molecule has 1 saturated heterocycles. The lowest BCUT2D eigenvalue weighted by atomic mass is 10.2. The van der Waals surface area contributed by atoms with Crippen molar-refractivity contribution in [3.8, 4) is 0 Å². The molecule has 1 heteroatoms. The Morgan fingerprint density at radius 2 is 2.25 bits per heavy atom. The molecule has 0 saturated carbocycles. The minimum absolute atomic E-state index is 1.14. The average molecular weight is 165 g/mol. The highest BCUT2D eigenvalue weighted by Crippen LogP contribution is 2.20. The number of nitrogens with zero attached hydrogens (tertiary/aromatic N) is 1. The zero-order chi connectivity index (χ0) is 8.81. The van der Waals surface area contributed by atoms with E-state index >= 15 is 0 Å². The fourth-order valence-electron chi connectivity index (χ4n) is 1.72. The van der Waals surface area contributed by atoms with Crippen molar-refractivity contribution in [2.75, 3.05) is 6.54 Å². The molecule has 0 aromatic rings. The second-order valence-electron chi connectivity index (χ2n) is 3.29. The smallest absolute Gasteiger partial charge is 0.0221 e. The first kappa shape index (κ1) is 9.37. The first-order valence-electron chi connectivity index (χ1n) is 4.96. The Morgan fingerprint density at radius 3 is 2.92 bits per heavy atom. The lowest BCUT2D eigenvalue weighted by molar-refractivity contribution is 0.462. The second-order valence-corrected chi connectivity index (χ2v) is 3.29. The summed E-state index contributed by atoms with van der Waals surface area (Å²) in [5, 5.41) is 0. The molecule has 1 rings (SSSR count). The molecule has 12 heavy (non-hydrogen) atoms. The molecule has 68 valence electrons. The van der Waals surface area contributed by atoms with E-state index in [1.165, 1.54) is 31.4 Å². The van der Waals surface area contributed by atoms with E-state index in [1.807, 2.05) is 6.20 Å². The van der Waals surface area contributed by atoms with Crippen LogP contribution in [0.5, 0.6) is 0 Å². The number of hydrogen-bond acceptors (Lipinski definition) is 1. The lowest BCUT2D eigenvalue weighted by Crippen LogP contribution is -2.15. The van der Waals surface area contributed by atoms with Crippen LogP contribution in [0.15, 0.2) is 24.6 Å². The normalized spacial score (nSPS) is 22.4. The van der Waals surface area contributed by atoms with Crippen LogP contribution >= 0.6 is 0 Å². The van der Waals surface area contributed by atoms with Gasteiger partial charge in [-0.3, -0.25) is 0 Å². The van der Waals surface area contributed by atoms with Crippen LogP contribution in [0.4, 0.5) is 0 Å². The summed E-state index contributed by atoms with van der Waals surface area (Å²) in [6.45, 7) is 7.20. The summed E-state index contributed by atoms with van der Waals surface area (Å²) < 4.78 is 0. The Balaban J connectivity index is 2.63. The molecule has 1 fully saturated rings. The molecule has 1 aliphatic rings. The summed E-state index contributed by atoms with van der Waals surface area (Å²) in [5.74, 6) is 0. The maximum Gasteiger partial charge on any atom is 0.0221 e. The Bertz CT molecular complexity index is 170. The minimum atomic E-state index is 1.14. The van der Waals surface area contributed by atoms with Gasteiger partial charge in [0.05, 0.1) is 0 Å². The van der Waals surface area contributed by atoms with Crippen molar-refractivity contribution in [1.82, 2.24) is 4.90 Å². The van der Waals surface area contributed by atoms with E-state index in [2.05, 4.69) is 24.5 Å². The molecular formula is C11H19N. The van der Waals surface area contributed by atoms with Gasteiger partial charge in [0.15, 0.2) is 0 Å². The zero-order valence-corrected chi connectivity index (χ0v) is 8.05. The highest BCUT2D eigenvalue weighted by Gasteiger charge is 2.09. The third-order valence-electron chi connectivity index (χ3n) is 2.36. The van der Waals surface area contributed by atoms with E-state index in [0.717, 1.165) is 13.0 Å². The van der Waals surface area contributed by atoms with E-state index < -0.39 is 0 Å². The van der Waals surface area contributed by atoms with E-state index in [9.17, 15) is 0 Å². The van der Waals surface area contributed by atoms with Crippen molar-refractivity contribution >= 4 is 0 Å². The highest BCUT2D eigenvalue weighted by molar-refractivity contribution is 5.05. The number of allylic oxidation sites excluding steroid dienone is 2. The maximum atomic E-state index is 3.84. The molecule has 0 aromatic carbocycles. The van der Waals surface area contributed by atoms with Crippen LogP contribution in [0.25, 0.3) is 0 Å². The Morgan fingerprint density at radius 1 is 1.42 bits per heavy atom. The van der Waals surface area contributed by atoms with Crippen LogP contribution in [0, 0.1) is 0 Å². The lowest BCUT2D eigenvalue weighted by Gasteiger charge is -2.20. The second kappa shape index (κ2) is 5.02. The van der Waals surface area contributed by atoms with Gasteiger partial charge >= 0.3 is 0 Å². The van der Waals surface area contributed by atoms with Gasteiger partial charge in [0.25, 0.3) is 0 Å². The van der Waals surface area contributed by atoms with Crippen molar-refractivity contribution in [3.05, 3.63) is 24.6 Å². The van der Waals surface area contributed by atoms with Gasteiger partial charge in [-0.1, -0.05) is 26.0 Å². The molecule has 1 nitrogen and oxygen atoms in total. The average Bonchev–Trinajstić information content (AvgIpc) is 2.30. The van der Waals surface area contributed by atoms with Crippen LogP contribution in [-0.4, -0.2) is 11.4 Å². The molecule has 1 aliphatic heterocycles. The van der Waals surface area contributed by atoms with Gasteiger partial charge in [0.1, 0.15) is 0 Å². The number of likely N-dealkylation sites (tertiary alicyclic amines) is 1. The van der Waals surface area contributed by atoms with Crippen LogP contribution in [0.3, 0.4) is 0 Å². The third kappa shape index (κ3) is 2.40. The predicted octanol–water partition coefficient (Wildman–Crippen LogP) is 3.30. The Kier molecular flexibility index (Phi) is 3.92. The first-order valence-corrected chi connectivity index (χ1v) is 4.96. The van der Waals surface area contributed by atoms with E-state index in [4.69, 9.17) is 0 Å². The molecule has 0 radical (unpaired) electrons. The fraction of sp³-hybridized carbons (Fsp3) is 0.636. The van der Waals surface area contributed by atoms with Crippen molar-refractivity contribution < 1.29 is 0 Å². The van der Waals surface area contributed by atoms with Crippen LogP contribution in [0.2, 0.25) is 0 Å². The Labute approximate surface area is 75.8 Å². The van der Waals surface area contributed by atoms with Crippen LogP contribution in [0.1, 0.15) is 39.0 Å². The van der Waals surface area contributed by atoms with E-state index in [-0.39, 0.29) is 0 Å². The molecule has 1 heterocycles. The molecule has 0 aromatic heterocycles. The predicted molar refractivity (Wildman–Crippen MR) is 53.7 cm³/mol. The molecule has 0 amide bonds. The van der Waals surface area contributed by atoms with Crippen molar-refractivity contribution in [2.24, 2.45) is 0 Å². The molecule has 0 atom stereocenters. The van der Waals surface area contributed by atoms with Crippen molar-refractivity contribution in [2.45, 2.75) is 39.0 Å². The summed E-state index contributed by atoms with van der Waals surface area (Å²) >= 11 is 0. The third-order valence-corrected chi connectivity index (χ3v) is 2.36. The molecule has 0 unspecified atom stereocenters. The van der Waals surface area contributed by atoms with E-state index in [1.54, 1.807) is 0 Å². The van der Waals surface area contributed by atoms with Crippen molar-refractivity contribution in [3.63, 3.8) is 0 Å². The quantitative estimate of drug-likeness (QED) is 0.607. The van der Waals surface area contributed by atoms with E-state index in [0.29, 0.717) is 0 Å². The van der Waals surface area contributed by atoms with Gasteiger partial charge in [-0.05, 0) is 31.9 Å². The molecule has 0 bridgehead atoms. The topological polar surface area (TPSA) is 3.24 Å². The van der Waals surface area contributed by atoms with Crippen molar-refractivity contribution in [1.29, 1.82) is 0 Å². The maximum absolute atomic E-state index is 3.84. The van der Waals surface area contributed by atoms with Gasteiger partial charge in [0.2, 0.25) is 0 Å². The number of hydrogen-bond donors (Lipinski definition) is 0. The standard InChI is InChI=1S/C11H19N/c1-3-8-11-9-6-5-7-10-12(11)4-2/h4,8H,2-3,5-7,9-10H2,1H3.